The van der Waals surface area contributed by atoms with E-state index in [-0.39, 0.29) is 36.4 Å². The van der Waals surface area contributed by atoms with Gasteiger partial charge in [0.2, 0.25) is 0 Å². The molecule has 0 bridgehead atoms. The van der Waals surface area contributed by atoms with Crippen molar-refractivity contribution >= 4 is 23.2 Å². The number of carbonyl (C=O) groups is 2. The maximum Gasteiger partial charge on any atom is 0.407 e. The Labute approximate surface area is 243 Å². The van der Waals surface area contributed by atoms with Gasteiger partial charge in [0.05, 0.1) is 52.1 Å². The molecule has 2 fully saturated rings. The Morgan fingerprint density at radius 3 is 2.57 bits per heavy atom. The SMILES string of the molecule is CC(C)(O)[C@H](F)CNC(=O)c1cnc(-c2ccc3cc(C#N)cnn23)cc1N[C@H]1CC[C@H](NC(=O)OC2CCC2)CC1. The molecule has 2 aliphatic carbocycles. The van der Waals surface area contributed by atoms with E-state index in [0.29, 0.717) is 22.6 Å². The molecule has 2 amide bonds. The van der Waals surface area contributed by atoms with E-state index in [9.17, 15) is 24.3 Å². The molecule has 2 aliphatic rings. The van der Waals surface area contributed by atoms with Crippen molar-refractivity contribution in [3.05, 3.63) is 47.8 Å². The zero-order chi connectivity index (χ0) is 29.9. The highest BCUT2D eigenvalue weighted by molar-refractivity contribution is 6.00. The number of alkyl carbamates (subject to hydrolysis) is 1. The van der Waals surface area contributed by atoms with Gasteiger partial charge in [-0.25, -0.2) is 13.7 Å². The molecule has 1 atom stereocenters. The molecule has 0 saturated heterocycles. The number of fused-ring (bicyclic) bond motifs is 1. The highest BCUT2D eigenvalue weighted by Gasteiger charge is 2.29. The fraction of sp³-hybridized carbons (Fsp3) is 0.500. The summed E-state index contributed by atoms with van der Waals surface area (Å²) in [5.74, 6) is -0.519. The zero-order valence-corrected chi connectivity index (χ0v) is 23.8. The Morgan fingerprint density at radius 2 is 1.90 bits per heavy atom. The van der Waals surface area contributed by atoms with E-state index in [2.05, 4.69) is 32.1 Å². The number of nitrogens with one attached hydrogen (secondary N) is 3. The number of nitriles is 1. The summed E-state index contributed by atoms with van der Waals surface area (Å²) in [4.78, 5) is 29.9. The normalized spacial score (nSPS) is 19.8. The van der Waals surface area contributed by atoms with Gasteiger partial charge >= 0.3 is 6.09 Å². The summed E-state index contributed by atoms with van der Waals surface area (Å²) in [7, 11) is 0. The highest BCUT2D eigenvalue weighted by Crippen LogP contribution is 2.29. The molecule has 0 aromatic carbocycles. The van der Waals surface area contributed by atoms with Gasteiger partial charge in [-0.05, 0) is 83.1 Å². The zero-order valence-electron chi connectivity index (χ0n) is 23.8. The monoisotopic (exact) mass is 577 g/mol. The van der Waals surface area contributed by atoms with Crippen LogP contribution in [0.4, 0.5) is 14.9 Å². The van der Waals surface area contributed by atoms with Crippen LogP contribution in [0.3, 0.4) is 0 Å². The molecule has 42 heavy (non-hydrogen) atoms. The number of anilines is 1. The van der Waals surface area contributed by atoms with Gasteiger partial charge < -0.3 is 25.8 Å². The van der Waals surface area contributed by atoms with Crippen molar-refractivity contribution in [2.45, 2.75) is 88.8 Å². The number of aromatic nitrogens is 3. The summed E-state index contributed by atoms with van der Waals surface area (Å²) in [6.07, 6.45) is 6.89. The van der Waals surface area contributed by atoms with Gasteiger partial charge in [-0.1, -0.05) is 0 Å². The van der Waals surface area contributed by atoms with E-state index >= 15 is 0 Å². The number of halogens is 1. The maximum absolute atomic E-state index is 14.4. The van der Waals surface area contributed by atoms with E-state index < -0.39 is 17.7 Å². The van der Waals surface area contributed by atoms with Crippen LogP contribution in [0.2, 0.25) is 0 Å². The quantitative estimate of drug-likeness (QED) is 0.296. The minimum absolute atomic E-state index is 0.0196. The summed E-state index contributed by atoms with van der Waals surface area (Å²) < 4.78 is 21.5. The number of amides is 2. The molecule has 4 N–H and O–H groups in total. The number of hydrogen-bond acceptors (Lipinski definition) is 8. The second-order valence-electron chi connectivity index (χ2n) is 11.7. The average Bonchev–Trinajstić information content (AvgIpc) is 3.37. The smallest absolute Gasteiger partial charge is 0.407 e. The van der Waals surface area contributed by atoms with Gasteiger partial charge in [0, 0.05) is 18.3 Å². The molecule has 0 aliphatic heterocycles. The van der Waals surface area contributed by atoms with Crippen molar-refractivity contribution < 1.29 is 23.8 Å². The molecule has 222 valence electrons. The molecule has 2 saturated carbocycles. The van der Waals surface area contributed by atoms with E-state index in [1.807, 2.05) is 12.1 Å². The number of carbonyl (C=O) groups excluding carboxylic acids is 2. The number of hydrogen-bond donors (Lipinski definition) is 4. The lowest BCUT2D eigenvalue weighted by molar-refractivity contribution is -0.00178. The molecular weight excluding hydrogens is 541 g/mol. The minimum atomic E-state index is -1.65. The van der Waals surface area contributed by atoms with E-state index in [1.54, 1.807) is 16.6 Å². The van der Waals surface area contributed by atoms with Crippen LogP contribution in [0.15, 0.2) is 36.7 Å². The van der Waals surface area contributed by atoms with Crippen LogP contribution in [0, 0.1) is 11.3 Å². The summed E-state index contributed by atoms with van der Waals surface area (Å²) >= 11 is 0. The molecule has 0 radical (unpaired) electrons. The fourth-order valence-corrected chi connectivity index (χ4v) is 5.12. The third kappa shape index (κ3) is 6.79. The minimum Gasteiger partial charge on any atom is -0.446 e. The van der Waals surface area contributed by atoms with Gasteiger partial charge in [-0.15, -0.1) is 0 Å². The van der Waals surface area contributed by atoms with Crippen LogP contribution in [0.5, 0.6) is 0 Å². The van der Waals surface area contributed by atoms with Gasteiger partial charge in [-0.3, -0.25) is 9.78 Å². The van der Waals surface area contributed by atoms with Crippen LogP contribution in [0.1, 0.15) is 74.7 Å². The van der Waals surface area contributed by atoms with Crippen LogP contribution in [0.25, 0.3) is 16.9 Å². The van der Waals surface area contributed by atoms with Gasteiger partial charge in [-0.2, -0.15) is 10.4 Å². The highest BCUT2D eigenvalue weighted by atomic mass is 19.1. The van der Waals surface area contributed by atoms with Crippen molar-refractivity contribution in [3.8, 4) is 17.5 Å². The van der Waals surface area contributed by atoms with E-state index in [4.69, 9.17) is 4.74 Å². The summed E-state index contributed by atoms with van der Waals surface area (Å²) in [6, 6.07) is 9.29. The number of ether oxygens (including phenoxy) is 1. The van der Waals surface area contributed by atoms with Gasteiger partial charge in [0.1, 0.15) is 18.3 Å². The third-order valence-electron chi connectivity index (χ3n) is 7.98. The van der Waals surface area contributed by atoms with E-state index in [1.165, 1.54) is 26.2 Å². The van der Waals surface area contributed by atoms with Crippen LogP contribution in [-0.4, -0.2) is 68.2 Å². The van der Waals surface area contributed by atoms with E-state index in [0.717, 1.165) is 50.5 Å². The third-order valence-corrected chi connectivity index (χ3v) is 7.98. The number of rotatable bonds is 9. The fourth-order valence-electron chi connectivity index (χ4n) is 5.12. The lowest BCUT2D eigenvalue weighted by atomic mass is 9.91. The molecule has 11 nitrogen and oxygen atoms in total. The topological polar surface area (TPSA) is 154 Å². The van der Waals surface area contributed by atoms with Crippen LogP contribution in [-0.2, 0) is 4.74 Å². The Hall–Kier alpha value is -4.24. The molecule has 0 spiro atoms. The molecular formula is C30H36FN7O4. The molecule has 3 heterocycles. The van der Waals surface area contributed by atoms with Crippen molar-refractivity contribution in [2.75, 3.05) is 11.9 Å². The van der Waals surface area contributed by atoms with Crippen LogP contribution >= 0.6 is 0 Å². The second-order valence-corrected chi connectivity index (χ2v) is 11.7. The first-order valence-electron chi connectivity index (χ1n) is 14.4. The molecule has 0 unspecified atom stereocenters. The second kappa shape index (κ2) is 12.3. The van der Waals surface area contributed by atoms with Crippen LogP contribution < -0.4 is 16.0 Å². The predicted octanol–water partition coefficient (Wildman–Crippen LogP) is 4.11. The Kier molecular flexibility index (Phi) is 8.59. The molecule has 12 heteroatoms. The Bertz CT molecular complexity index is 1480. The van der Waals surface area contributed by atoms with Crippen molar-refractivity contribution in [2.24, 2.45) is 0 Å². The molecule has 3 aromatic rings. The average molecular weight is 578 g/mol. The lowest BCUT2D eigenvalue weighted by Crippen LogP contribution is -2.43. The van der Waals surface area contributed by atoms with Crippen molar-refractivity contribution in [1.29, 1.82) is 5.26 Å². The first kappa shape index (κ1) is 29.3. The maximum atomic E-state index is 14.4. The number of aliphatic hydroxyl groups is 1. The first-order valence-corrected chi connectivity index (χ1v) is 14.4. The van der Waals surface area contributed by atoms with Gasteiger partial charge in [0.15, 0.2) is 0 Å². The predicted molar refractivity (Wildman–Crippen MR) is 154 cm³/mol. The Balaban J connectivity index is 1.32. The summed E-state index contributed by atoms with van der Waals surface area (Å²) in [5, 5.41) is 32.5. The van der Waals surface area contributed by atoms with Crippen molar-refractivity contribution in [1.82, 2.24) is 25.2 Å². The van der Waals surface area contributed by atoms with Crippen molar-refractivity contribution in [3.63, 3.8) is 0 Å². The van der Waals surface area contributed by atoms with Gasteiger partial charge in [0.25, 0.3) is 5.91 Å². The summed E-state index contributed by atoms with van der Waals surface area (Å²) in [6.45, 7) is 2.34. The number of alkyl halides is 1. The standard InChI is InChI=1S/C30H36FN7O4/c1-30(2,41)27(31)17-34-28(39)23-16-33-25(26-11-10-21-12-18(14-32)15-35-38(21)26)13-24(23)36-19-6-8-20(9-7-19)37-29(40)42-22-4-3-5-22/h10-13,15-16,19-20,22,27,41H,3-9,17H2,1-2H3,(H,33,36)(H,34,39)(H,37,40)/t19-,20-,27-/m1/s1. The lowest BCUT2D eigenvalue weighted by Gasteiger charge is -2.32. The summed E-state index contributed by atoms with van der Waals surface area (Å²) in [5.41, 5.74) is 1.57. The first-order chi connectivity index (χ1) is 20.1. The number of nitrogens with zero attached hydrogens (tertiary/aromatic N) is 4. The largest absolute Gasteiger partial charge is 0.446 e. The Morgan fingerprint density at radius 1 is 1.17 bits per heavy atom. The number of pyridine rings is 1. The molecule has 3 aromatic heterocycles. The molecule has 5 rings (SSSR count).